The molecule has 1 N–H and O–H groups in total. The lowest BCUT2D eigenvalue weighted by molar-refractivity contribution is 0.0933. The predicted molar refractivity (Wildman–Crippen MR) is 95.7 cm³/mol. The van der Waals surface area contributed by atoms with E-state index in [1.54, 1.807) is 48.8 Å². The number of pyridine rings is 1. The Bertz CT molecular complexity index is 940. The Morgan fingerprint density at radius 3 is 2.69 bits per heavy atom. The number of nitrogens with zero attached hydrogens (tertiary/aromatic N) is 1. The number of ketones is 1. The van der Waals surface area contributed by atoms with E-state index in [1.807, 2.05) is 18.2 Å². The average molecular weight is 347 g/mol. The molecule has 0 radical (unpaired) electrons. The predicted octanol–water partition coefficient (Wildman–Crippen LogP) is 3.92. The minimum Gasteiger partial charge on any atom is -0.508 e. The van der Waals surface area contributed by atoms with Crippen molar-refractivity contribution in [3.8, 4) is 17.2 Å². The quantitative estimate of drug-likeness (QED) is 0.775. The number of fused-ring (bicyclic) bond motifs is 1. The van der Waals surface area contributed by atoms with Gasteiger partial charge in [0.15, 0.2) is 5.78 Å². The van der Waals surface area contributed by atoms with Gasteiger partial charge in [0.25, 0.3) is 0 Å². The van der Waals surface area contributed by atoms with E-state index < -0.39 is 6.10 Å². The van der Waals surface area contributed by atoms with Gasteiger partial charge in [-0.05, 0) is 42.0 Å². The highest BCUT2D eigenvalue weighted by Gasteiger charge is 2.21. The van der Waals surface area contributed by atoms with Gasteiger partial charge in [-0.15, -0.1) is 0 Å². The van der Waals surface area contributed by atoms with Crippen LogP contribution in [-0.2, 0) is 0 Å². The van der Waals surface area contributed by atoms with Crippen LogP contribution in [-0.4, -0.2) is 22.5 Å². The van der Waals surface area contributed by atoms with Crippen molar-refractivity contribution in [1.29, 1.82) is 0 Å². The Morgan fingerprint density at radius 1 is 1.04 bits per heavy atom. The maximum Gasteiger partial charge on any atom is 0.169 e. The van der Waals surface area contributed by atoms with Gasteiger partial charge in [-0.2, -0.15) is 0 Å². The normalized spacial score (nSPS) is 14.2. The van der Waals surface area contributed by atoms with Gasteiger partial charge in [0.05, 0.1) is 12.2 Å². The van der Waals surface area contributed by atoms with Crippen LogP contribution in [0.25, 0.3) is 0 Å². The maximum absolute atomic E-state index is 11.9. The fraction of sp³-hybridized carbons (Fsp3) is 0.143. The number of aromatic nitrogens is 1. The molecule has 26 heavy (non-hydrogen) atoms. The number of carbonyl (C=O) groups is 1. The molecule has 1 aromatic heterocycles. The third-order valence-corrected chi connectivity index (χ3v) is 4.28. The van der Waals surface area contributed by atoms with Gasteiger partial charge < -0.3 is 14.6 Å². The Morgan fingerprint density at radius 2 is 1.88 bits per heavy atom. The van der Waals surface area contributed by atoms with Gasteiger partial charge >= 0.3 is 0 Å². The van der Waals surface area contributed by atoms with Crippen molar-refractivity contribution < 1.29 is 19.4 Å². The molecule has 5 heteroatoms. The first-order valence-corrected chi connectivity index (χ1v) is 8.36. The van der Waals surface area contributed by atoms with Gasteiger partial charge in [-0.1, -0.05) is 12.1 Å². The van der Waals surface area contributed by atoms with Gasteiger partial charge in [0.2, 0.25) is 0 Å². The average Bonchev–Trinajstić information content (AvgIpc) is 2.67. The van der Waals surface area contributed by atoms with E-state index in [0.717, 1.165) is 11.1 Å². The van der Waals surface area contributed by atoms with E-state index in [1.165, 1.54) is 0 Å². The third kappa shape index (κ3) is 3.24. The zero-order valence-corrected chi connectivity index (χ0v) is 14.0. The summed E-state index contributed by atoms with van der Waals surface area (Å²) in [5.41, 5.74) is 2.30. The van der Waals surface area contributed by atoms with Crippen molar-refractivity contribution in [2.24, 2.45) is 0 Å². The van der Waals surface area contributed by atoms with E-state index >= 15 is 0 Å². The summed E-state index contributed by atoms with van der Waals surface area (Å²) in [6.45, 7) is 0.385. The van der Waals surface area contributed by atoms with Crippen LogP contribution in [0.4, 0.5) is 0 Å². The monoisotopic (exact) mass is 347 g/mol. The van der Waals surface area contributed by atoms with Crippen molar-refractivity contribution in [3.63, 3.8) is 0 Å². The molecule has 1 aliphatic heterocycles. The fourth-order valence-electron chi connectivity index (χ4n) is 3.00. The lowest BCUT2D eigenvalue weighted by atomic mass is 10.0. The van der Waals surface area contributed by atoms with Crippen LogP contribution in [0.15, 0.2) is 67.0 Å². The van der Waals surface area contributed by atoms with Crippen LogP contribution in [0, 0.1) is 0 Å². The second-order valence-electron chi connectivity index (χ2n) is 6.05. The maximum atomic E-state index is 11.9. The van der Waals surface area contributed by atoms with Crippen molar-refractivity contribution in [2.45, 2.75) is 12.5 Å². The Hall–Kier alpha value is -3.34. The molecule has 5 nitrogen and oxygen atoms in total. The van der Waals surface area contributed by atoms with Crippen LogP contribution in [0.3, 0.4) is 0 Å². The highest BCUT2D eigenvalue weighted by Crippen LogP contribution is 2.34. The first-order valence-electron chi connectivity index (χ1n) is 8.36. The van der Waals surface area contributed by atoms with Gasteiger partial charge in [-0.25, -0.2) is 0 Å². The molecule has 0 saturated carbocycles. The zero-order chi connectivity index (χ0) is 17.9. The number of Topliss-reactive ketones (excluding diaryl/α,β-unsaturated/α-hetero) is 1. The summed E-state index contributed by atoms with van der Waals surface area (Å²) < 4.78 is 11.8. The van der Waals surface area contributed by atoms with Crippen LogP contribution in [0.5, 0.6) is 17.2 Å². The number of hydrogen-bond acceptors (Lipinski definition) is 5. The van der Waals surface area contributed by atoms with E-state index in [2.05, 4.69) is 4.98 Å². The molecular weight excluding hydrogens is 330 g/mol. The van der Waals surface area contributed by atoms with E-state index in [0.29, 0.717) is 30.1 Å². The summed E-state index contributed by atoms with van der Waals surface area (Å²) in [4.78, 5) is 16.0. The molecule has 4 rings (SSSR count). The molecule has 0 fully saturated rings. The summed E-state index contributed by atoms with van der Waals surface area (Å²) in [5, 5.41) is 9.84. The summed E-state index contributed by atoms with van der Waals surface area (Å²) in [7, 11) is 0. The number of rotatable bonds is 4. The minimum absolute atomic E-state index is 0.0801. The fourth-order valence-corrected chi connectivity index (χ4v) is 3.00. The van der Waals surface area contributed by atoms with Crippen molar-refractivity contribution >= 4 is 5.78 Å². The standard InChI is InChI=1S/C21H17NO4/c23-16-3-1-2-15(12-16)21(14-6-9-22-10-7-14)26-17-4-5-18-19(24)8-11-25-20(18)13-17/h1-7,9-10,12-13,21,23H,8,11H2/t21-/m0/s1. The number of phenolic OH excluding ortho intramolecular Hbond substituents is 1. The molecule has 0 bridgehead atoms. The van der Waals surface area contributed by atoms with Crippen LogP contribution in [0.1, 0.15) is 34.0 Å². The number of phenols is 1. The molecule has 0 spiro atoms. The molecule has 2 aromatic carbocycles. The zero-order valence-electron chi connectivity index (χ0n) is 14.0. The SMILES string of the molecule is O=C1CCOc2cc(O[C@@H](c3ccncc3)c3cccc(O)c3)ccc21. The van der Waals surface area contributed by atoms with Crippen molar-refractivity contribution in [1.82, 2.24) is 4.98 Å². The molecule has 0 saturated heterocycles. The van der Waals surface area contributed by atoms with E-state index in [4.69, 9.17) is 9.47 Å². The van der Waals surface area contributed by atoms with Crippen molar-refractivity contribution in [2.75, 3.05) is 6.61 Å². The number of aromatic hydroxyl groups is 1. The molecule has 2 heterocycles. The number of ether oxygens (including phenoxy) is 2. The molecule has 3 aromatic rings. The number of benzene rings is 2. The number of hydrogen-bond donors (Lipinski definition) is 1. The smallest absolute Gasteiger partial charge is 0.169 e. The van der Waals surface area contributed by atoms with Crippen LogP contribution < -0.4 is 9.47 Å². The van der Waals surface area contributed by atoms with E-state index in [9.17, 15) is 9.90 Å². The lowest BCUT2D eigenvalue weighted by Gasteiger charge is -2.22. The molecule has 0 amide bonds. The van der Waals surface area contributed by atoms with E-state index in [-0.39, 0.29) is 11.5 Å². The first-order chi connectivity index (χ1) is 12.7. The lowest BCUT2D eigenvalue weighted by Crippen LogP contribution is -2.15. The second kappa shape index (κ2) is 6.88. The van der Waals surface area contributed by atoms with Crippen LogP contribution >= 0.6 is 0 Å². The Kier molecular flexibility index (Phi) is 4.27. The molecule has 1 aliphatic rings. The molecule has 0 unspecified atom stereocenters. The second-order valence-corrected chi connectivity index (χ2v) is 6.05. The summed E-state index contributed by atoms with van der Waals surface area (Å²) >= 11 is 0. The molecule has 0 aliphatic carbocycles. The Balaban J connectivity index is 1.70. The van der Waals surface area contributed by atoms with Crippen LogP contribution in [0.2, 0.25) is 0 Å². The summed E-state index contributed by atoms with van der Waals surface area (Å²) in [6, 6.07) is 15.9. The molecule has 130 valence electrons. The number of carbonyl (C=O) groups excluding carboxylic acids is 1. The van der Waals surface area contributed by atoms with Crippen molar-refractivity contribution in [3.05, 3.63) is 83.7 Å². The largest absolute Gasteiger partial charge is 0.508 e. The Labute approximate surface area is 150 Å². The highest BCUT2D eigenvalue weighted by molar-refractivity contribution is 5.99. The van der Waals surface area contributed by atoms with Gasteiger partial charge in [0.1, 0.15) is 23.4 Å². The third-order valence-electron chi connectivity index (χ3n) is 4.28. The minimum atomic E-state index is -0.428. The molecular formula is C21H17NO4. The van der Waals surface area contributed by atoms with Gasteiger partial charge in [-0.3, -0.25) is 9.78 Å². The topological polar surface area (TPSA) is 68.7 Å². The summed E-state index contributed by atoms with van der Waals surface area (Å²) in [5.74, 6) is 1.38. The highest BCUT2D eigenvalue weighted by atomic mass is 16.5. The molecule has 1 atom stereocenters. The summed E-state index contributed by atoms with van der Waals surface area (Å²) in [6.07, 6.45) is 3.37. The first kappa shape index (κ1) is 16.1. The van der Waals surface area contributed by atoms with Gasteiger partial charge in [0, 0.05) is 30.4 Å².